The third-order valence-electron chi connectivity index (χ3n) is 10.1. The lowest BCUT2D eigenvalue weighted by Gasteiger charge is -2.20. The standard InChI is InChI=1S/C42H76O16P2/c1-3-5-7-8-9-10-11-12-13-14-15-16-17-18-20-26-42(48)58-36(33-57-60(52,53)56-31-35(44)30-55-59(49,50)51)32-54-41(47)25-22-21-24-37-38(40(46)29-39(37)45)28-27-34(43)23-19-6-4-2/h12-13,21-22,27-28,34-40,43-46H,3-11,14-20,23-26,29-33H2,1-2H3,(H,52,53)(H2,49,50,51)/b13-12-,22-21-,28-27+/t34-,35+,36-,37+,38-,39+,40-/m1/s1. The molecule has 0 heterocycles. The van der Waals surface area contributed by atoms with Crippen molar-refractivity contribution in [1.82, 2.24) is 0 Å². The Balaban J connectivity index is 2.63. The van der Waals surface area contributed by atoms with Crippen molar-refractivity contribution < 1.29 is 76.9 Å². The summed E-state index contributed by atoms with van der Waals surface area (Å²) < 4.78 is 47.7. The molecule has 0 spiro atoms. The highest BCUT2D eigenvalue weighted by Crippen LogP contribution is 2.44. The number of unbranched alkanes of at least 4 members (excludes halogenated alkanes) is 13. The first-order chi connectivity index (χ1) is 28.6. The zero-order valence-electron chi connectivity index (χ0n) is 35.9. The number of phosphoric acid groups is 2. The maximum absolute atomic E-state index is 12.7. The number of ether oxygens (including phenoxy) is 2. The molecule has 0 aromatic rings. The Hall–Kier alpha value is -1.78. The fraction of sp³-hybridized carbons (Fsp3) is 0.810. The van der Waals surface area contributed by atoms with Crippen LogP contribution in [0.3, 0.4) is 0 Å². The fourth-order valence-corrected chi connectivity index (χ4v) is 7.82. The summed E-state index contributed by atoms with van der Waals surface area (Å²) >= 11 is 0. The van der Waals surface area contributed by atoms with Crippen molar-refractivity contribution in [2.75, 3.05) is 26.4 Å². The molecule has 0 aromatic carbocycles. The molecule has 1 rings (SSSR count). The normalized spacial score (nSPS) is 21.1. The smallest absolute Gasteiger partial charge is 0.461 e. The van der Waals surface area contributed by atoms with E-state index in [1.807, 2.05) is 0 Å². The molecule has 16 nitrogen and oxygen atoms in total. The van der Waals surface area contributed by atoms with Crippen molar-refractivity contribution in [2.24, 2.45) is 11.8 Å². The zero-order chi connectivity index (χ0) is 44.7. The monoisotopic (exact) mass is 898 g/mol. The fourth-order valence-electron chi connectivity index (χ4n) is 6.67. The van der Waals surface area contributed by atoms with Crippen molar-refractivity contribution in [3.63, 3.8) is 0 Å². The molecule has 1 aliphatic rings. The summed E-state index contributed by atoms with van der Waals surface area (Å²) in [6.07, 6.45) is 24.1. The van der Waals surface area contributed by atoms with E-state index in [4.69, 9.17) is 23.8 Å². The van der Waals surface area contributed by atoms with Crippen molar-refractivity contribution in [2.45, 2.75) is 179 Å². The van der Waals surface area contributed by atoms with E-state index in [0.29, 0.717) is 19.3 Å². The molecule has 0 aromatic heterocycles. The minimum absolute atomic E-state index is 0.0557. The van der Waals surface area contributed by atoms with Crippen LogP contribution >= 0.6 is 15.6 Å². The van der Waals surface area contributed by atoms with Crippen LogP contribution in [-0.4, -0.2) is 104 Å². The summed E-state index contributed by atoms with van der Waals surface area (Å²) in [6.45, 7) is 1.27. The van der Waals surface area contributed by atoms with Crippen molar-refractivity contribution in [1.29, 1.82) is 0 Å². The molecular weight excluding hydrogens is 822 g/mol. The summed E-state index contributed by atoms with van der Waals surface area (Å²) in [5.74, 6) is -2.04. The Morgan fingerprint density at radius 3 is 1.92 bits per heavy atom. The molecule has 0 amide bonds. The number of esters is 2. The average molecular weight is 899 g/mol. The average Bonchev–Trinajstić information content (AvgIpc) is 3.46. The molecule has 350 valence electrons. The Morgan fingerprint density at radius 1 is 0.683 bits per heavy atom. The number of phosphoric ester groups is 2. The van der Waals surface area contributed by atoms with E-state index >= 15 is 0 Å². The highest BCUT2D eigenvalue weighted by atomic mass is 31.2. The van der Waals surface area contributed by atoms with E-state index in [9.17, 15) is 44.0 Å². The number of aliphatic hydroxyl groups excluding tert-OH is 4. The second-order valence-corrected chi connectivity index (χ2v) is 18.3. The maximum Gasteiger partial charge on any atom is 0.472 e. The lowest BCUT2D eigenvalue weighted by Crippen LogP contribution is -2.29. The third kappa shape index (κ3) is 30.3. The number of hydrogen-bond donors (Lipinski definition) is 7. The van der Waals surface area contributed by atoms with Gasteiger partial charge in [0.2, 0.25) is 0 Å². The van der Waals surface area contributed by atoms with Gasteiger partial charge in [-0.05, 0) is 50.9 Å². The van der Waals surface area contributed by atoms with Gasteiger partial charge in [0.25, 0.3) is 0 Å². The van der Waals surface area contributed by atoms with Crippen LogP contribution in [0, 0.1) is 11.8 Å². The van der Waals surface area contributed by atoms with E-state index in [2.05, 4.69) is 35.0 Å². The number of carbonyl (C=O) groups excluding carboxylic acids is 2. The quantitative estimate of drug-likeness (QED) is 0.0140. The second kappa shape index (κ2) is 33.7. The molecule has 60 heavy (non-hydrogen) atoms. The van der Waals surface area contributed by atoms with E-state index in [0.717, 1.165) is 57.8 Å². The van der Waals surface area contributed by atoms with E-state index in [1.54, 1.807) is 24.3 Å². The zero-order valence-corrected chi connectivity index (χ0v) is 37.7. The first-order valence-corrected chi connectivity index (χ1v) is 25.0. The lowest BCUT2D eigenvalue weighted by molar-refractivity contribution is -0.160. The summed E-state index contributed by atoms with van der Waals surface area (Å²) in [5, 5.41) is 41.1. The number of aliphatic hydroxyl groups is 4. The molecule has 0 aliphatic heterocycles. The molecule has 1 aliphatic carbocycles. The van der Waals surface area contributed by atoms with Gasteiger partial charge in [0.1, 0.15) is 12.7 Å². The van der Waals surface area contributed by atoms with Gasteiger partial charge in [0.05, 0.1) is 44.6 Å². The van der Waals surface area contributed by atoms with Crippen LogP contribution in [-0.2, 0) is 41.8 Å². The SMILES string of the molecule is CCCCCCCC/C=C\CCCCCCCC(=O)O[C@H](COC(=O)C/C=C\C[C@H]1[C@@H](/C=C/[C@H](O)CCCCC)[C@H](O)C[C@@H]1O)COP(=O)(O)OC[C@@H](O)COP(=O)(O)O. The number of hydrogen-bond acceptors (Lipinski definition) is 13. The van der Waals surface area contributed by atoms with Crippen LogP contribution in [0.5, 0.6) is 0 Å². The van der Waals surface area contributed by atoms with Gasteiger partial charge in [0.15, 0.2) is 6.10 Å². The van der Waals surface area contributed by atoms with Crippen LogP contribution in [0.2, 0.25) is 0 Å². The number of allylic oxidation sites excluding steroid dienone is 3. The summed E-state index contributed by atoms with van der Waals surface area (Å²) in [7, 11) is -9.79. The predicted octanol–water partition coefficient (Wildman–Crippen LogP) is 7.27. The Labute approximate surface area is 357 Å². The third-order valence-corrected chi connectivity index (χ3v) is 11.5. The van der Waals surface area contributed by atoms with Gasteiger partial charge in [-0.3, -0.25) is 23.2 Å². The molecule has 0 saturated heterocycles. The van der Waals surface area contributed by atoms with Gasteiger partial charge in [-0.2, -0.15) is 0 Å². The van der Waals surface area contributed by atoms with Crippen molar-refractivity contribution >= 4 is 27.6 Å². The largest absolute Gasteiger partial charge is 0.472 e. The number of carbonyl (C=O) groups is 2. The molecule has 1 fully saturated rings. The van der Waals surface area contributed by atoms with Gasteiger partial charge in [-0.1, -0.05) is 121 Å². The summed E-state index contributed by atoms with van der Waals surface area (Å²) in [6, 6.07) is 0. The molecule has 7 N–H and O–H groups in total. The maximum atomic E-state index is 12.7. The van der Waals surface area contributed by atoms with Gasteiger partial charge >= 0.3 is 27.6 Å². The van der Waals surface area contributed by atoms with E-state index in [-0.39, 0.29) is 31.1 Å². The summed E-state index contributed by atoms with van der Waals surface area (Å²) in [5.41, 5.74) is 0. The van der Waals surface area contributed by atoms with E-state index < -0.39 is 84.5 Å². The second-order valence-electron chi connectivity index (χ2n) is 15.6. The predicted molar refractivity (Wildman–Crippen MR) is 227 cm³/mol. The van der Waals surface area contributed by atoms with Gasteiger partial charge < -0.3 is 44.6 Å². The molecule has 1 saturated carbocycles. The van der Waals surface area contributed by atoms with Crippen LogP contribution in [0.25, 0.3) is 0 Å². The van der Waals surface area contributed by atoms with Gasteiger partial charge in [-0.25, -0.2) is 9.13 Å². The van der Waals surface area contributed by atoms with Gasteiger partial charge in [-0.15, -0.1) is 0 Å². The molecule has 0 radical (unpaired) electrons. The minimum atomic E-state index is -4.90. The molecule has 0 bridgehead atoms. The highest BCUT2D eigenvalue weighted by molar-refractivity contribution is 7.47. The highest BCUT2D eigenvalue weighted by Gasteiger charge is 2.39. The molecule has 1 unspecified atom stereocenters. The first kappa shape index (κ1) is 56.2. The van der Waals surface area contributed by atoms with E-state index in [1.165, 1.54) is 38.5 Å². The summed E-state index contributed by atoms with van der Waals surface area (Å²) in [4.78, 5) is 52.9. The van der Waals surface area contributed by atoms with Crippen molar-refractivity contribution in [3.8, 4) is 0 Å². The topological polar surface area (TPSA) is 256 Å². The number of rotatable bonds is 37. The van der Waals surface area contributed by atoms with Crippen LogP contribution < -0.4 is 0 Å². The van der Waals surface area contributed by atoms with Crippen LogP contribution in [0.4, 0.5) is 0 Å². The lowest BCUT2D eigenvalue weighted by atomic mass is 9.89. The Bertz CT molecular complexity index is 1320. The van der Waals surface area contributed by atoms with Gasteiger partial charge in [0, 0.05) is 18.8 Å². The minimum Gasteiger partial charge on any atom is -0.461 e. The molecule has 8 atom stereocenters. The Morgan fingerprint density at radius 2 is 1.27 bits per heavy atom. The molecular formula is C42H76O16P2. The van der Waals surface area contributed by atoms with Crippen molar-refractivity contribution in [3.05, 3.63) is 36.5 Å². The molecule has 18 heteroatoms. The van der Waals surface area contributed by atoms with Crippen LogP contribution in [0.15, 0.2) is 36.5 Å². The first-order valence-electron chi connectivity index (χ1n) is 21.9. The van der Waals surface area contributed by atoms with Crippen LogP contribution in [0.1, 0.15) is 149 Å². The Kier molecular flexibility index (Phi) is 31.6.